The van der Waals surface area contributed by atoms with Crippen LogP contribution in [0.5, 0.6) is 0 Å². The zero-order valence-electron chi connectivity index (χ0n) is 11.3. The predicted molar refractivity (Wildman–Crippen MR) is 88.8 cm³/mol. The number of hydrogen-bond donors (Lipinski definition) is 1. The fourth-order valence-corrected chi connectivity index (χ4v) is 3.71. The highest BCUT2D eigenvalue weighted by Crippen LogP contribution is 2.34. The lowest BCUT2D eigenvalue weighted by Gasteiger charge is -2.19. The number of rotatable bonds is 4. The fourth-order valence-electron chi connectivity index (χ4n) is 2.55. The maximum Gasteiger partial charge on any atom is 0.0931 e. The summed E-state index contributed by atoms with van der Waals surface area (Å²) in [7, 11) is 0. The summed E-state index contributed by atoms with van der Waals surface area (Å²) in [6, 6.07) is 19.3. The normalized spacial score (nSPS) is 12.7. The van der Waals surface area contributed by atoms with Crippen molar-refractivity contribution in [3.05, 3.63) is 69.4 Å². The van der Waals surface area contributed by atoms with E-state index in [9.17, 15) is 0 Å². The Morgan fingerprint density at radius 2 is 1.85 bits per heavy atom. The zero-order chi connectivity index (χ0) is 13.9. The van der Waals surface area contributed by atoms with Gasteiger partial charge >= 0.3 is 0 Å². The molecule has 2 aromatic carbocycles. The molecule has 1 aromatic heterocycles. The molecule has 0 aliphatic rings. The third-order valence-corrected chi connectivity index (χ3v) is 4.72. The van der Waals surface area contributed by atoms with Gasteiger partial charge in [0.2, 0.25) is 0 Å². The van der Waals surface area contributed by atoms with Crippen LogP contribution in [-0.4, -0.2) is 6.54 Å². The molecule has 0 spiro atoms. The van der Waals surface area contributed by atoms with Crippen molar-refractivity contribution in [3.8, 4) is 0 Å². The Hall–Kier alpha value is -1.35. The number of fused-ring (bicyclic) bond motifs is 1. The topological polar surface area (TPSA) is 12.0 Å². The van der Waals surface area contributed by atoms with Crippen LogP contribution in [0.4, 0.5) is 0 Å². The summed E-state index contributed by atoms with van der Waals surface area (Å²) < 4.78 is 0.836. The van der Waals surface area contributed by atoms with Crippen LogP contribution in [0.15, 0.2) is 54.6 Å². The van der Waals surface area contributed by atoms with Crippen LogP contribution in [0.1, 0.15) is 23.4 Å². The summed E-state index contributed by atoms with van der Waals surface area (Å²) in [4.78, 5) is 1.26. The first kappa shape index (κ1) is 13.6. The van der Waals surface area contributed by atoms with Crippen LogP contribution in [0.25, 0.3) is 10.8 Å². The van der Waals surface area contributed by atoms with Crippen molar-refractivity contribution < 1.29 is 0 Å². The van der Waals surface area contributed by atoms with Crippen LogP contribution >= 0.6 is 22.9 Å². The van der Waals surface area contributed by atoms with Crippen LogP contribution in [0, 0.1) is 0 Å². The molecule has 0 amide bonds. The first-order valence-corrected chi connectivity index (χ1v) is 7.95. The molecule has 0 aliphatic heterocycles. The van der Waals surface area contributed by atoms with Crippen LogP contribution in [0.3, 0.4) is 0 Å². The summed E-state index contributed by atoms with van der Waals surface area (Å²) >= 11 is 7.74. The summed E-state index contributed by atoms with van der Waals surface area (Å²) in [5, 5.41) is 6.14. The zero-order valence-corrected chi connectivity index (χ0v) is 12.8. The number of thiophene rings is 1. The van der Waals surface area contributed by atoms with E-state index in [4.69, 9.17) is 11.6 Å². The quantitative estimate of drug-likeness (QED) is 0.693. The molecule has 0 radical (unpaired) electrons. The highest BCUT2D eigenvalue weighted by Gasteiger charge is 2.17. The Morgan fingerprint density at radius 3 is 2.60 bits per heavy atom. The molecule has 1 unspecified atom stereocenters. The lowest BCUT2D eigenvalue weighted by Crippen LogP contribution is -2.21. The largest absolute Gasteiger partial charge is 0.306 e. The van der Waals surface area contributed by atoms with Gasteiger partial charge in [-0.2, -0.15) is 0 Å². The van der Waals surface area contributed by atoms with E-state index in [1.807, 2.05) is 6.07 Å². The minimum absolute atomic E-state index is 0.198. The van der Waals surface area contributed by atoms with Gasteiger partial charge in [-0.1, -0.05) is 61.0 Å². The van der Waals surface area contributed by atoms with Crippen LogP contribution in [0.2, 0.25) is 4.34 Å². The summed E-state index contributed by atoms with van der Waals surface area (Å²) in [6.07, 6.45) is 0. The van der Waals surface area contributed by atoms with Crippen molar-refractivity contribution in [2.24, 2.45) is 0 Å². The van der Waals surface area contributed by atoms with Gasteiger partial charge in [-0.15, -0.1) is 11.3 Å². The van der Waals surface area contributed by atoms with E-state index in [2.05, 4.69) is 60.8 Å². The standard InChI is InChI=1S/C17H16ClNS/c1-2-19-17(15-10-11-16(18)20-15)14-9-5-7-12-6-3-4-8-13(12)14/h3-11,17,19H,2H2,1H3. The summed E-state index contributed by atoms with van der Waals surface area (Å²) in [5.74, 6) is 0. The molecule has 0 bridgehead atoms. The van der Waals surface area contributed by atoms with Gasteiger partial charge in [0.05, 0.1) is 10.4 Å². The molecule has 1 nitrogen and oxygen atoms in total. The maximum absolute atomic E-state index is 6.10. The van der Waals surface area contributed by atoms with Gasteiger partial charge in [-0.05, 0) is 35.0 Å². The van der Waals surface area contributed by atoms with Gasteiger partial charge in [-0.3, -0.25) is 0 Å². The van der Waals surface area contributed by atoms with E-state index >= 15 is 0 Å². The fraction of sp³-hybridized carbons (Fsp3) is 0.176. The third-order valence-electron chi connectivity index (χ3n) is 3.42. The van der Waals surface area contributed by atoms with Crippen LogP contribution < -0.4 is 5.32 Å². The number of halogens is 1. The SMILES string of the molecule is CCNC(c1ccc(Cl)s1)c1cccc2ccccc12. The molecule has 1 heterocycles. The molecule has 1 N–H and O–H groups in total. The van der Waals surface area contributed by atoms with Crippen molar-refractivity contribution in [2.45, 2.75) is 13.0 Å². The Labute approximate surface area is 128 Å². The minimum Gasteiger partial charge on any atom is -0.306 e. The Balaban J connectivity index is 2.14. The van der Waals surface area contributed by atoms with E-state index in [-0.39, 0.29) is 6.04 Å². The molecule has 0 aliphatic carbocycles. The second-order valence-corrected chi connectivity index (χ2v) is 6.45. The Morgan fingerprint density at radius 1 is 1.05 bits per heavy atom. The predicted octanol–water partition coefficient (Wildman–Crippen LogP) is 5.25. The van der Waals surface area contributed by atoms with Crippen molar-refractivity contribution in [1.29, 1.82) is 0 Å². The summed E-state index contributed by atoms with van der Waals surface area (Å²) in [6.45, 7) is 3.05. The molecular formula is C17H16ClNS. The van der Waals surface area contributed by atoms with Crippen molar-refractivity contribution >= 4 is 33.7 Å². The first-order valence-electron chi connectivity index (χ1n) is 6.76. The average Bonchev–Trinajstić information content (AvgIpc) is 2.91. The molecule has 0 saturated carbocycles. The van der Waals surface area contributed by atoms with Gasteiger partial charge in [0.25, 0.3) is 0 Å². The van der Waals surface area contributed by atoms with E-state index in [1.165, 1.54) is 21.2 Å². The van der Waals surface area contributed by atoms with Crippen molar-refractivity contribution in [2.75, 3.05) is 6.54 Å². The highest BCUT2D eigenvalue weighted by molar-refractivity contribution is 7.16. The van der Waals surface area contributed by atoms with E-state index in [1.54, 1.807) is 11.3 Å². The Bertz CT molecular complexity index is 714. The molecular weight excluding hydrogens is 286 g/mol. The average molecular weight is 302 g/mol. The van der Waals surface area contributed by atoms with Gasteiger partial charge in [0.15, 0.2) is 0 Å². The van der Waals surface area contributed by atoms with Crippen molar-refractivity contribution in [3.63, 3.8) is 0 Å². The molecule has 20 heavy (non-hydrogen) atoms. The van der Waals surface area contributed by atoms with E-state index in [0.29, 0.717) is 0 Å². The second-order valence-electron chi connectivity index (χ2n) is 4.70. The second kappa shape index (κ2) is 5.96. The minimum atomic E-state index is 0.198. The molecule has 0 fully saturated rings. The monoisotopic (exact) mass is 301 g/mol. The molecule has 102 valence electrons. The molecule has 3 aromatic rings. The van der Waals surface area contributed by atoms with E-state index in [0.717, 1.165) is 10.9 Å². The lowest BCUT2D eigenvalue weighted by atomic mass is 9.98. The first-order chi connectivity index (χ1) is 9.79. The van der Waals surface area contributed by atoms with Gasteiger partial charge < -0.3 is 5.32 Å². The Kier molecular flexibility index (Phi) is 4.06. The van der Waals surface area contributed by atoms with E-state index < -0.39 is 0 Å². The third kappa shape index (κ3) is 2.59. The maximum atomic E-state index is 6.10. The summed E-state index contributed by atoms with van der Waals surface area (Å²) in [5.41, 5.74) is 1.31. The molecule has 0 saturated heterocycles. The molecule has 3 heteroatoms. The highest BCUT2D eigenvalue weighted by atomic mass is 35.5. The smallest absolute Gasteiger partial charge is 0.0931 e. The molecule has 1 atom stereocenters. The van der Waals surface area contributed by atoms with Gasteiger partial charge in [-0.25, -0.2) is 0 Å². The van der Waals surface area contributed by atoms with Gasteiger partial charge in [0, 0.05) is 4.88 Å². The van der Waals surface area contributed by atoms with Crippen molar-refractivity contribution in [1.82, 2.24) is 5.32 Å². The number of hydrogen-bond acceptors (Lipinski definition) is 2. The molecule has 3 rings (SSSR count). The van der Waals surface area contributed by atoms with Crippen LogP contribution in [-0.2, 0) is 0 Å². The number of nitrogens with one attached hydrogen (secondary N) is 1. The lowest BCUT2D eigenvalue weighted by molar-refractivity contribution is 0.643. The number of benzene rings is 2. The van der Waals surface area contributed by atoms with Gasteiger partial charge in [0.1, 0.15) is 0 Å².